The van der Waals surface area contributed by atoms with Crippen LogP contribution in [-0.4, -0.2) is 5.78 Å². The highest BCUT2D eigenvalue weighted by molar-refractivity contribution is 6.18. The number of ketones is 1. The molecule has 1 aromatic rings. The molecule has 0 radical (unpaired) electrons. The molecule has 0 spiro atoms. The minimum Gasteiger partial charge on any atom is -0.295 e. The lowest BCUT2D eigenvalue weighted by Crippen LogP contribution is -1.95. The number of Topliss-reactive ketones (excluding diaryl/α,β-unsaturated/α-hetero) is 1. The number of allylic oxidation sites excluding steroid dienone is 1. The Labute approximate surface area is 85.5 Å². The molecule has 74 valence electrons. The van der Waals surface area contributed by atoms with Crippen LogP contribution in [0.15, 0.2) is 30.8 Å². The number of rotatable bonds is 3. The first-order chi connectivity index (χ1) is 6.52. The molecule has 0 aromatic heterocycles. The highest BCUT2D eigenvalue weighted by Gasteiger charge is 2.04. The van der Waals surface area contributed by atoms with Crippen molar-refractivity contribution in [2.24, 2.45) is 0 Å². The number of carbonyl (C=O) groups is 1. The summed E-state index contributed by atoms with van der Waals surface area (Å²) in [6.45, 7) is 9.59. The summed E-state index contributed by atoms with van der Waals surface area (Å²) >= 11 is 0. The van der Waals surface area contributed by atoms with Crippen molar-refractivity contribution in [2.45, 2.75) is 26.7 Å². The van der Waals surface area contributed by atoms with Crippen molar-refractivity contribution in [1.29, 1.82) is 0 Å². The lowest BCUT2D eigenvalue weighted by Gasteiger charge is -2.06. The minimum absolute atomic E-state index is 0.0299. The fourth-order valence-corrected chi connectivity index (χ4v) is 1.27. The SMILES string of the molecule is C=C(C(C)=O)c1ccc(C(C)C)cc1. The van der Waals surface area contributed by atoms with Crippen LogP contribution < -0.4 is 0 Å². The molecule has 0 bridgehead atoms. The van der Waals surface area contributed by atoms with Crippen molar-refractivity contribution in [3.05, 3.63) is 42.0 Å². The first kappa shape index (κ1) is 10.7. The molecule has 14 heavy (non-hydrogen) atoms. The van der Waals surface area contributed by atoms with Gasteiger partial charge >= 0.3 is 0 Å². The average Bonchev–Trinajstić information content (AvgIpc) is 2.16. The van der Waals surface area contributed by atoms with Gasteiger partial charge in [0.05, 0.1) is 0 Å². The molecule has 1 nitrogen and oxygen atoms in total. The zero-order chi connectivity index (χ0) is 10.7. The van der Waals surface area contributed by atoms with E-state index in [2.05, 4.69) is 20.4 Å². The summed E-state index contributed by atoms with van der Waals surface area (Å²) in [7, 11) is 0. The lowest BCUT2D eigenvalue weighted by atomic mass is 9.98. The van der Waals surface area contributed by atoms with E-state index in [0.717, 1.165) is 5.56 Å². The van der Waals surface area contributed by atoms with Gasteiger partial charge in [0, 0.05) is 5.57 Å². The third-order valence-corrected chi connectivity index (χ3v) is 2.35. The maximum absolute atomic E-state index is 11.1. The number of carbonyl (C=O) groups excluding carboxylic acids is 1. The van der Waals surface area contributed by atoms with E-state index in [1.54, 1.807) is 6.92 Å². The highest BCUT2D eigenvalue weighted by Crippen LogP contribution is 2.18. The molecule has 0 saturated heterocycles. The van der Waals surface area contributed by atoms with Crippen LogP contribution in [0.1, 0.15) is 37.8 Å². The van der Waals surface area contributed by atoms with Gasteiger partial charge in [-0.15, -0.1) is 0 Å². The van der Waals surface area contributed by atoms with Gasteiger partial charge in [-0.05, 0) is 24.0 Å². The topological polar surface area (TPSA) is 17.1 Å². The fourth-order valence-electron chi connectivity index (χ4n) is 1.27. The van der Waals surface area contributed by atoms with E-state index in [1.807, 2.05) is 24.3 Å². The van der Waals surface area contributed by atoms with Crippen LogP contribution in [0.25, 0.3) is 5.57 Å². The van der Waals surface area contributed by atoms with Gasteiger partial charge in [-0.25, -0.2) is 0 Å². The highest BCUT2D eigenvalue weighted by atomic mass is 16.1. The van der Waals surface area contributed by atoms with E-state index in [4.69, 9.17) is 0 Å². The molecular weight excluding hydrogens is 172 g/mol. The van der Waals surface area contributed by atoms with Crippen LogP contribution in [-0.2, 0) is 4.79 Å². The second-order valence-corrected chi connectivity index (χ2v) is 3.81. The van der Waals surface area contributed by atoms with Crippen LogP contribution in [0.2, 0.25) is 0 Å². The van der Waals surface area contributed by atoms with Crippen molar-refractivity contribution in [1.82, 2.24) is 0 Å². The van der Waals surface area contributed by atoms with Gasteiger partial charge in [0.2, 0.25) is 0 Å². The monoisotopic (exact) mass is 188 g/mol. The Morgan fingerprint density at radius 1 is 1.21 bits per heavy atom. The summed E-state index contributed by atoms with van der Waals surface area (Å²) in [4.78, 5) is 11.1. The Balaban J connectivity index is 2.94. The first-order valence-corrected chi connectivity index (χ1v) is 4.82. The van der Waals surface area contributed by atoms with Crippen molar-refractivity contribution in [3.8, 4) is 0 Å². The summed E-state index contributed by atoms with van der Waals surface area (Å²) in [6, 6.07) is 8.01. The molecule has 0 aliphatic rings. The molecule has 0 unspecified atom stereocenters. The quantitative estimate of drug-likeness (QED) is 0.664. The maximum atomic E-state index is 11.1. The van der Waals surface area contributed by atoms with Crippen LogP contribution in [0.3, 0.4) is 0 Å². The summed E-state index contributed by atoms with van der Waals surface area (Å²) in [5.74, 6) is 0.553. The molecule has 1 rings (SSSR count). The van der Waals surface area contributed by atoms with E-state index in [0.29, 0.717) is 11.5 Å². The maximum Gasteiger partial charge on any atom is 0.159 e. The molecule has 0 N–H and O–H groups in total. The smallest absolute Gasteiger partial charge is 0.159 e. The predicted molar refractivity (Wildman–Crippen MR) is 60.2 cm³/mol. The van der Waals surface area contributed by atoms with Crippen LogP contribution in [0.5, 0.6) is 0 Å². The Hall–Kier alpha value is -1.37. The van der Waals surface area contributed by atoms with Crippen LogP contribution in [0.4, 0.5) is 0 Å². The third-order valence-electron chi connectivity index (χ3n) is 2.35. The normalized spacial score (nSPS) is 10.3. The van der Waals surface area contributed by atoms with E-state index in [9.17, 15) is 4.79 Å². The van der Waals surface area contributed by atoms with Gasteiger partial charge in [-0.1, -0.05) is 44.7 Å². The van der Waals surface area contributed by atoms with E-state index >= 15 is 0 Å². The molecule has 0 fully saturated rings. The Morgan fingerprint density at radius 2 is 1.71 bits per heavy atom. The van der Waals surface area contributed by atoms with Gasteiger partial charge in [-0.2, -0.15) is 0 Å². The van der Waals surface area contributed by atoms with Crippen molar-refractivity contribution in [3.63, 3.8) is 0 Å². The summed E-state index contributed by atoms with van der Waals surface area (Å²) in [5, 5.41) is 0. The largest absolute Gasteiger partial charge is 0.295 e. The van der Waals surface area contributed by atoms with Gasteiger partial charge in [0.15, 0.2) is 5.78 Å². The van der Waals surface area contributed by atoms with Gasteiger partial charge in [0.25, 0.3) is 0 Å². The number of hydrogen-bond acceptors (Lipinski definition) is 1. The molecule has 0 saturated carbocycles. The van der Waals surface area contributed by atoms with Gasteiger partial charge in [0.1, 0.15) is 0 Å². The standard InChI is InChI=1S/C13H16O/c1-9(2)12-5-7-13(8-6-12)10(3)11(4)14/h5-9H,3H2,1-2,4H3. The number of hydrogen-bond donors (Lipinski definition) is 0. The van der Waals surface area contributed by atoms with Crippen LogP contribution >= 0.6 is 0 Å². The second-order valence-electron chi connectivity index (χ2n) is 3.81. The Bertz CT molecular complexity index is 344. The zero-order valence-electron chi connectivity index (χ0n) is 9.00. The third kappa shape index (κ3) is 2.32. The van der Waals surface area contributed by atoms with Crippen LogP contribution in [0, 0.1) is 0 Å². The van der Waals surface area contributed by atoms with E-state index in [-0.39, 0.29) is 5.78 Å². The zero-order valence-corrected chi connectivity index (χ0v) is 9.00. The van der Waals surface area contributed by atoms with E-state index < -0.39 is 0 Å². The molecule has 0 heterocycles. The Kier molecular flexibility index (Phi) is 3.23. The minimum atomic E-state index is 0.0299. The lowest BCUT2D eigenvalue weighted by molar-refractivity contribution is -0.111. The molecule has 1 heteroatoms. The summed E-state index contributed by atoms with van der Waals surface area (Å²) in [6.07, 6.45) is 0. The predicted octanol–water partition coefficient (Wildman–Crippen LogP) is 3.41. The van der Waals surface area contributed by atoms with E-state index in [1.165, 1.54) is 5.56 Å². The van der Waals surface area contributed by atoms with Gasteiger partial charge in [-0.3, -0.25) is 4.79 Å². The van der Waals surface area contributed by atoms with Crippen molar-refractivity contribution in [2.75, 3.05) is 0 Å². The molecule has 0 atom stereocenters. The second kappa shape index (κ2) is 4.23. The molecule has 1 aromatic carbocycles. The van der Waals surface area contributed by atoms with Gasteiger partial charge < -0.3 is 0 Å². The first-order valence-electron chi connectivity index (χ1n) is 4.82. The van der Waals surface area contributed by atoms with Crippen molar-refractivity contribution >= 4 is 11.4 Å². The summed E-state index contributed by atoms with van der Waals surface area (Å²) < 4.78 is 0. The van der Waals surface area contributed by atoms with Crippen molar-refractivity contribution < 1.29 is 4.79 Å². The fraction of sp³-hybridized carbons (Fsp3) is 0.308. The summed E-state index contributed by atoms with van der Waals surface area (Å²) in [5.41, 5.74) is 2.78. The molecular formula is C13H16O. The Morgan fingerprint density at radius 3 is 2.07 bits per heavy atom. The number of benzene rings is 1. The molecule has 0 amide bonds. The molecule has 0 aliphatic carbocycles. The average molecular weight is 188 g/mol. The molecule has 0 aliphatic heterocycles.